The predicted octanol–water partition coefficient (Wildman–Crippen LogP) is 4.77. The molecule has 0 aromatic heterocycles. The third kappa shape index (κ3) is 4.60. The summed E-state index contributed by atoms with van der Waals surface area (Å²) in [4.78, 5) is 1.62. The van der Waals surface area contributed by atoms with Gasteiger partial charge in [-0.05, 0) is 24.5 Å². The molecular formula is C9H8F5N3S2. The number of thioether (sulfide) groups is 1. The third-order valence-electron chi connectivity index (χ3n) is 1.85. The van der Waals surface area contributed by atoms with Crippen LogP contribution < -0.4 is 5.32 Å². The monoisotopic (exact) mass is 317 g/mol. The molecule has 1 aromatic carbocycles. The highest BCUT2D eigenvalue weighted by atomic mass is 32.5. The Labute approximate surface area is 110 Å². The van der Waals surface area contributed by atoms with Crippen LogP contribution >= 0.6 is 22.0 Å². The number of halogens is 5. The minimum atomic E-state index is -9.71. The van der Waals surface area contributed by atoms with Gasteiger partial charge in [-0.15, -0.1) is 0 Å². The maximum absolute atomic E-state index is 12.6. The molecule has 0 atom stereocenters. The summed E-state index contributed by atoms with van der Waals surface area (Å²) in [5, 5.41) is 10.5. The number of nitrogens with zero attached hydrogens (tertiary/aromatic N) is 2. The van der Waals surface area contributed by atoms with Crippen LogP contribution in [0.2, 0.25) is 0 Å². The number of aliphatic imine (C=N–C) groups is 1. The first-order chi connectivity index (χ1) is 8.46. The van der Waals surface area contributed by atoms with Crippen molar-refractivity contribution in [2.24, 2.45) is 4.99 Å². The van der Waals surface area contributed by atoms with Gasteiger partial charge in [-0.3, -0.25) is 5.32 Å². The van der Waals surface area contributed by atoms with Crippen molar-refractivity contribution >= 4 is 32.8 Å². The van der Waals surface area contributed by atoms with Crippen LogP contribution in [-0.2, 0) is 0 Å². The Morgan fingerprint density at radius 1 is 1.32 bits per heavy atom. The Bertz CT molecular complexity index is 561. The highest BCUT2D eigenvalue weighted by Crippen LogP contribution is 3.02. The van der Waals surface area contributed by atoms with Crippen LogP contribution in [0, 0.1) is 11.5 Å². The van der Waals surface area contributed by atoms with E-state index in [1.165, 1.54) is 12.4 Å². The summed E-state index contributed by atoms with van der Waals surface area (Å²) in [7, 11) is -9.71. The number of nitriles is 1. The summed E-state index contributed by atoms with van der Waals surface area (Å²) in [6.07, 6.45) is 3.06. The molecule has 19 heavy (non-hydrogen) atoms. The van der Waals surface area contributed by atoms with Crippen molar-refractivity contribution in [3.63, 3.8) is 0 Å². The number of hydrogen-bond acceptors (Lipinski definition) is 3. The van der Waals surface area contributed by atoms with Crippen LogP contribution in [0.15, 0.2) is 34.2 Å². The van der Waals surface area contributed by atoms with Crippen LogP contribution in [-0.4, -0.2) is 11.4 Å². The number of amidine groups is 1. The van der Waals surface area contributed by atoms with Crippen molar-refractivity contribution in [1.29, 1.82) is 5.26 Å². The van der Waals surface area contributed by atoms with Gasteiger partial charge in [0.2, 0.25) is 0 Å². The van der Waals surface area contributed by atoms with Crippen molar-refractivity contribution in [2.75, 3.05) is 6.26 Å². The molecule has 1 N–H and O–H groups in total. The molecule has 0 heterocycles. The van der Waals surface area contributed by atoms with Crippen LogP contribution in [0.1, 0.15) is 0 Å². The van der Waals surface area contributed by atoms with E-state index in [9.17, 15) is 19.4 Å². The molecule has 0 amide bonds. The highest BCUT2D eigenvalue weighted by Gasteiger charge is 2.65. The average molecular weight is 317 g/mol. The van der Waals surface area contributed by atoms with Gasteiger partial charge in [0.25, 0.3) is 0 Å². The zero-order valence-electron chi connectivity index (χ0n) is 9.41. The lowest BCUT2D eigenvalue weighted by molar-refractivity contribution is 0.364. The molecule has 106 valence electrons. The van der Waals surface area contributed by atoms with Crippen molar-refractivity contribution in [1.82, 2.24) is 5.32 Å². The molecule has 0 unspecified atom stereocenters. The summed E-state index contributed by atoms with van der Waals surface area (Å²) in [6.45, 7) is 0. The second-order valence-electron chi connectivity index (χ2n) is 3.32. The lowest BCUT2D eigenvalue weighted by Gasteiger charge is -2.40. The number of benzene rings is 1. The molecule has 10 heteroatoms. The van der Waals surface area contributed by atoms with E-state index < -0.39 is 15.1 Å². The number of hydrogen-bond donors (Lipinski definition) is 1. The van der Waals surface area contributed by atoms with E-state index in [1.807, 2.05) is 0 Å². The van der Waals surface area contributed by atoms with Crippen LogP contribution in [0.4, 0.5) is 25.1 Å². The van der Waals surface area contributed by atoms with Crippen molar-refractivity contribution in [2.45, 2.75) is 4.90 Å². The molecule has 3 nitrogen and oxygen atoms in total. The lowest BCUT2D eigenvalue weighted by Crippen LogP contribution is -2.12. The van der Waals surface area contributed by atoms with Crippen molar-refractivity contribution < 1.29 is 19.4 Å². The molecule has 0 fully saturated rings. The lowest BCUT2D eigenvalue weighted by atomic mass is 10.3. The molecule has 0 saturated carbocycles. The average Bonchev–Trinajstić information content (AvgIpc) is 2.26. The highest BCUT2D eigenvalue weighted by molar-refractivity contribution is 8.45. The topological polar surface area (TPSA) is 48.2 Å². The normalized spacial score (nSPS) is 16.2. The Hall–Kier alpha value is -1.47. The second-order valence-corrected chi connectivity index (χ2v) is 6.53. The third-order valence-corrected chi connectivity index (χ3v) is 3.57. The van der Waals surface area contributed by atoms with E-state index in [2.05, 4.69) is 10.3 Å². The maximum Gasteiger partial charge on any atom is 0.310 e. The summed E-state index contributed by atoms with van der Waals surface area (Å²) in [5.74, 6) is 0. The molecule has 0 aliphatic carbocycles. The second kappa shape index (κ2) is 4.28. The van der Waals surface area contributed by atoms with Gasteiger partial charge in [0.1, 0.15) is 4.90 Å². The fourth-order valence-electron chi connectivity index (χ4n) is 1.08. The van der Waals surface area contributed by atoms with Gasteiger partial charge in [0.15, 0.2) is 11.4 Å². The van der Waals surface area contributed by atoms with Crippen LogP contribution in [0.25, 0.3) is 0 Å². The van der Waals surface area contributed by atoms with Gasteiger partial charge in [0, 0.05) is 0 Å². The number of rotatable bonds is 2. The van der Waals surface area contributed by atoms with Crippen molar-refractivity contribution in [3.8, 4) is 6.19 Å². The van der Waals surface area contributed by atoms with E-state index in [0.29, 0.717) is 0 Å². The first-order valence-corrected chi connectivity index (χ1v) is 7.76. The maximum atomic E-state index is 12.6. The first-order valence-electron chi connectivity index (χ1n) is 4.58. The Balaban J connectivity index is 3.28. The van der Waals surface area contributed by atoms with Gasteiger partial charge >= 0.3 is 10.2 Å². The molecule has 0 saturated heterocycles. The SMILES string of the molecule is CSC(=Nc1cccc(S(F)(F)(F)(F)F)c1)NC#N. The Morgan fingerprint density at radius 2 is 1.95 bits per heavy atom. The van der Waals surface area contributed by atoms with Gasteiger partial charge in [0.05, 0.1) is 5.69 Å². The molecule has 1 aromatic rings. The summed E-state index contributed by atoms with van der Waals surface area (Å²) < 4.78 is 62.9. The molecule has 0 radical (unpaired) electrons. The minimum Gasteiger partial charge on any atom is -0.271 e. The quantitative estimate of drug-likeness (QED) is 0.281. The summed E-state index contributed by atoms with van der Waals surface area (Å²) in [6, 6.07) is 2.49. The fraction of sp³-hybridized carbons (Fsp3) is 0.111. The van der Waals surface area contributed by atoms with Gasteiger partial charge in [-0.2, -0.15) is 5.26 Å². The van der Waals surface area contributed by atoms with Gasteiger partial charge in [-0.25, -0.2) is 4.99 Å². The van der Waals surface area contributed by atoms with E-state index >= 15 is 0 Å². The minimum absolute atomic E-state index is 0.00167. The van der Waals surface area contributed by atoms with Crippen LogP contribution in [0.5, 0.6) is 0 Å². The van der Waals surface area contributed by atoms with E-state index in [0.717, 1.165) is 23.9 Å². The van der Waals surface area contributed by atoms with E-state index in [1.54, 1.807) is 0 Å². The molecule has 0 spiro atoms. The fourth-order valence-corrected chi connectivity index (χ4v) is 2.11. The zero-order valence-corrected chi connectivity index (χ0v) is 11.0. The molecule has 0 aliphatic rings. The van der Waals surface area contributed by atoms with Gasteiger partial charge < -0.3 is 0 Å². The molecule has 0 bridgehead atoms. The van der Waals surface area contributed by atoms with Crippen LogP contribution in [0.3, 0.4) is 0 Å². The standard InChI is InChI=1S/C9H8F5N3S2/c1-18-9(16-6-15)17-7-3-2-4-8(5-7)19(10,11,12,13)14/h2-5H,1H3,(H,16,17). The largest absolute Gasteiger partial charge is 0.310 e. The smallest absolute Gasteiger partial charge is 0.271 e. The van der Waals surface area contributed by atoms with E-state index in [-0.39, 0.29) is 23.0 Å². The molecule has 1 rings (SSSR count). The van der Waals surface area contributed by atoms with Gasteiger partial charge in [-0.1, -0.05) is 37.3 Å². The predicted molar refractivity (Wildman–Crippen MR) is 67.2 cm³/mol. The summed E-state index contributed by atoms with van der Waals surface area (Å²) >= 11 is 0.958. The summed E-state index contributed by atoms with van der Waals surface area (Å²) in [5.41, 5.74) is -0.321. The number of nitrogens with one attached hydrogen (secondary N) is 1. The zero-order chi connectivity index (χ0) is 14.8. The Morgan fingerprint density at radius 3 is 2.42 bits per heavy atom. The first kappa shape index (κ1) is 15.6. The molecule has 0 aliphatic heterocycles. The Kier molecular flexibility index (Phi) is 3.51. The molecular weight excluding hydrogens is 309 g/mol. The van der Waals surface area contributed by atoms with Crippen molar-refractivity contribution in [3.05, 3.63) is 24.3 Å². The van der Waals surface area contributed by atoms with E-state index in [4.69, 9.17) is 5.26 Å².